The van der Waals surface area contributed by atoms with E-state index in [1.807, 2.05) is 18.5 Å². The highest BCUT2D eigenvalue weighted by molar-refractivity contribution is 7.80. The smallest absolute Gasteiger partial charge is 0.330 e. The molecule has 1 aliphatic carbocycles. The lowest BCUT2D eigenvalue weighted by Gasteiger charge is -2.49. The number of ether oxygens (including phenoxy) is 1. The molecule has 5 nitrogen and oxygen atoms in total. The molecule has 0 amide bonds. The molecular formula is C20H29N3O2S. The molecule has 142 valence electrons. The number of nitrogens with zero attached hydrogens (tertiary/aromatic N) is 2. The number of nitrogens with two attached hydrogens (primary N) is 1. The van der Waals surface area contributed by atoms with E-state index in [-0.39, 0.29) is 22.7 Å². The maximum atomic E-state index is 12.6. The SMILES string of the molecule is CCCC1(N2CCCC2C(=O)OC(N)=S)CCCC(c2cccnc2)C1. The van der Waals surface area contributed by atoms with E-state index in [2.05, 4.69) is 22.9 Å². The average Bonchev–Trinajstić information content (AvgIpc) is 3.13. The Labute approximate surface area is 161 Å². The Kier molecular flexibility index (Phi) is 6.24. The number of rotatable bonds is 5. The van der Waals surface area contributed by atoms with Crippen molar-refractivity contribution < 1.29 is 9.53 Å². The first-order valence-corrected chi connectivity index (χ1v) is 10.1. The van der Waals surface area contributed by atoms with E-state index in [0.717, 1.165) is 45.1 Å². The van der Waals surface area contributed by atoms with Crippen LogP contribution in [-0.4, -0.2) is 39.2 Å². The third-order valence-corrected chi connectivity index (χ3v) is 6.11. The second-order valence-electron chi connectivity index (χ2n) is 7.65. The minimum absolute atomic E-state index is 0.0455. The highest BCUT2D eigenvalue weighted by Crippen LogP contribution is 2.46. The molecule has 0 aromatic carbocycles. The highest BCUT2D eigenvalue weighted by Gasteiger charge is 2.47. The Hall–Kier alpha value is -1.53. The van der Waals surface area contributed by atoms with Crippen LogP contribution >= 0.6 is 12.2 Å². The Morgan fingerprint density at radius 3 is 3.00 bits per heavy atom. The van der Waals surface area contributed by atoms with Crippen molar-refractivity contribution in [2.75, 3.05) is 6.54 Å². The van der Waals surface area contributed by atoms with Gasteiger partial charge in [0, 0.05) is 17.9 Å². The average molecular weight is 376 g/mol. The van der Waals surface area contributed by atoms with E-state index < -0.39 is 0 Å². The number of likely N-dealkylation sites (tertiary alicyclic amines) is 1. The van der Waals surface area contributed by atoms with Crippen molar-refractivity contribution >= 4 is 23.4 Å². The molecule has 1 aliphatic heterocycles. The van der Waals surface area contributed by atoms with Crippen molar-refractivity contribution in [3.05, 3.63) is 30.1 Å². The fourth-order valence-corrected chi connectivity index (χ4v) is 5.17. The van der Waals surface area contributed by atoms with Crippen LogP contribution in [0.5, 0.6) is 0 Å². The third-order valence-electron chi connectivity index (χ3n) is 6.03. The van der Waals surface area contributed by atoms with E-state index in [9.17, 15) is 4.79 Å². The van der Waals surface area contributed by atoms with Gasteiger partial charge in [0.1, 0.15) is 6.04 Å². The predicted molar refractivity (Wildman–Crippen MR) is 106 cm³/mol. The van der Waals surface area contributed by atoms with E-state index in [4.69, 9.17) is 22.7 Å². The number of hydrogen-bond donors (Lipinski definition) is 1. The zero-order valence-corrected chi connectivity index (χ0v) is 16.3. The monoisotopic (exact) mass is 375 g/mol. The minimum atomic E-state index is -0.283. The van der Waals surface area contributed by atoms with Gasteiger partial charge in [-0.05, 0) is 74.8 Å². The summed E-state index contributed by atoms with van der Waals surface area (Å²) >= 11 is 4.77. The number of carbonyl (C=O) groups excluding carboxylic acids is 1. The highest BCUT2D eigenvalue weighted by atomic mass is 32.1. The number of aromatic nitrogens is 1. The van der Waals surface area contributed by atoms with Gasteiger partial charge in [0.05, 0.1) is 0 Å². The first kappa shape index (κ1) is 19.2. The Morgan fingerprint density at radius 1 is 1.46 bits per heavy atom. The molecule has 2 N–H and O–H groups in total. The van der Waals surface area contributed by atoms with E-state index >= 15 is 0 Å². The van der Waals surface area contributed by atoms with Crippen LogP contribution in [0.25, 0.3) is 0 Å². The van der Waals surface area contributed by atoms with Crippen molar-refractivity contribution in [1.29, 1.82) is 0 Å². The first-order valence-electron chi connectivity index (χ1n) is 9.73. The van der Waals surface area contributed by atoms with E-state index in [1.165, 1.54) is 18.4 Å². The summed E-state index contributed by atoms with van der Waals surface area (Å²) in [6.45, 7) is 3.17. The Bertz CT molecular complexity index is 635. The number of carbonyl (C=O) groups is 1. The molecule has 6 heteroatoms. The van der Waals surface area contributed by atoms with Gasteiger partial charge >= 0.3 is 5.97 Å². The summed E-state index contributed by atoms with van der Waals surface area (Å²) in [7, 11) is 0. The Balaban J connectivity index is 1.84. The molecular weight excluding hydrogens is 346 g/mol. The molecule has 0 bridgehead atoms. The lowest BCUT2D eigenvalue weighted by atomic mass is 9.70. The molecule has 1 aromatic rings. The molecule has 3 rings (SSSR count). The van der Waals surface area contributed by atoms with Gasteiger partial charge in [0.25, 0.3) is 5.17 Å². The molecule has 3 unspecified atom stereocenters. The minimum Gasteiger partial charge on any atom is -0.398 e. The van der Waals surface area contributed by atoms with Gasteiger partial charge in [0.15, 0.2) is 0 Å². The van der Waals surface area contributed by atoms with Crippen LogP contribution in [0.4, 0.5) is 0 Å². The molecule has 26 heavy (non-hydrogen) atoms. The number of thiocarbonyl (C=S) groups is 1. The summed E-state index contributed by atoms with van der Waals surface area (Å²) in [5.74, 6) is 0.214. The maximum Gasteiger partial charge on any atom is 0.330 e. The van der Waals surface area contributed by atoms with Gasteiger partial charge in [-0.1, -0.05) is 25.8 Å². The summed E-state index contributed by atoms with van der Waals surface area (Å²) in [4.78, 5) is 19.3. The molecule has 1 saturated heterocycles. The van der Waals surface area contributed by atoms with Crippen molar-refractivity contribution in [2.24, 2.45) is 5.73 Å². The quantitative estimate of drug-likeness (QED) is 0.627. The van der Waals surface area contributed by atoms with Crippen molar-refractivity contribution in [3.8, 4) is 0 Å². The van der Waals surface area contributed by atoms with Gasteiger partial charge in [-0.25, -0.2) is 4.79 Å². The van der Waals surface area contributed by atoms with Crippen molar-refractivity contribution in [3.63, 3.8) is 0 Å². The van der Waals surface area contributed by atoms with Crippen LogP contribution in [0, 0.1) is 0 Å². The first-order chi connectivity index (χ1) is 12.6. The van der Waals surface area contributed by atoms with E-state index in [0.29, 0.717) is 5.92 Å². The third kappa shape index (κ3) is 4.07. The summed E-state index contributed by atoms with van der Waals surface area (Å²) in [5, 5.41) is -0.178. The van der Waals surface area contributed by atoms with Crippen LogP contribution in [0.1, 0.15) is 69.8 Å². The van der Waals surface area contributed by atoms with Crippen LogP contribution in [0.2, 0.25) is 0 Å². The van der Waals surface area contributed by atoms with Gasteiger partial charge in [0.2, 0.25) is 0 Å². The number of esters is 1. The fraction of sp³-hybridized carbons (Fsp3) is 0.650. The zero-order valence-electron chi connectivity index (χ0n) is 15.5. The van der Waals surface area contributed by atoms with Crippen LogP contribution < -0.4 is 5.73 Å². The molecule has 2 heterocycles. The van der Waals surface area contributed by atoms with Crippen molar-refractivity contribution in [1.82, 2.24) is 9.88 Å². The standard InChI is InChI=1S/C20H29N3O2S/c1-2-9-20(23-12-5-8-17(23)18(24)25-19(21)26)10-3-6-15(13-20)16-7-4-11-22-14-16/h4,7,11,14-15,17H,2-3,5-6,8-10,12-13H2,1H3,(H2,21,26). The molecule has 3 atom stereocenters. The molecule has 1 aromatic heterocycles. The Morgan fingerprint density at radius 2 is 2.31 bits per heavy atom. The lowest BCUT2D eigenvalue weighted by Crippen LogP contribution is -2.55. The number of hydrogen-bond acceptors (Lipinski definition) is 5. The molecule has 2 aliphatic rings. The van der Waals surface area contributed by atoms with Gasteiger partial charge in [-0.2, -0.15) is 0 Å². The topological polar surface area (TPSA) is 68.5 Å². The largest absolute Gasteiger partial charge is 0.398 e. The van der Waals surface area contributed by atoms with E-state index in [1.54, 1.807) is 0 Å². The summed E-state index contributed by atoms with van der Waals surface area (Å²) in [6.07, 6.45) is 12.4. The molecule has 0 radical (unpaired) electrons. The zero-order chi connectivity index (χ0) is 18.6. The van der Waals surface area contributed by atoms with Gasteiger partial charge in [-0.3, -0.25) is 9.88 Å². The van der Waals surface area contributed by atoms with Gasteiger partial charge < -0.3 is 10.5 Å². The molecule has 2 fully saturated rings. The summed E-state index contributed by atoms with van der Waals surface area (Å²) in [5.41, 5.74) is 6.80. The second-order valence-corrected chi connectivity index (χ2v) is 8.05. The molecule has 1 saturated carbocycles. The summed E-state index contributed by atoms with van der Waals surface area (Å²) < 4.78 is 5.11. The normalized spacial score (nSPS) is 29.4. The van der Waals surface area contributed by atoms with Gasteiger partial charge in [-0.15, -0.1) is 0 Å². The lowest BCUT2D eigenvalue weighted by molar-refractivity contribution is -0.143. The molecule has 0 spiro atoms. The number of pyridine rings is 1. The summed E-state index contributed by atoms with van der Waals surface area (Å²) in [6, 6.07) is 3.97. The maximum absolute atomic E-state index is 12.6. The van der Waals surface area contributed by atoms with Crippen LogP contribution in [-0.2, 0) is 9.53 Å². The fourth-order valence-electron chi connectivity index (χ4n) is 5.09. The predicted octanol–water partition coefficient (Wildman–Crippen LogP) is 3.53. The van der Waals surface area contributed by atoms with Crippen LogP contribution in [0.3, 0.4) is 0 Å². The van der Waals surface area contributed by atoms with Crippen LogP contribution in [0.15, 0.2) is 24.5 Å². The van der Waals surface area contributed by atoms with Crippen molar-refractivity contribution in [2.45, 2.75) is 75.8 Å². The second kappa shape index (κ2) is 8.44.